The minimum Gasteiger partial charge on any atom is -0.478 e. The third-order valence-corrected chi connectivity index (χ3v) is 3.33. The van der Waals surface area contributed by atoms with Crippen molar-refractivity contribution >= 4 is 21.9 Å². The third kappa shape index (κ3) is 3.68. The normalized spacial score (nSPS) is 12.3. The van der Waals surface area contributed by atoms with Crippen LogP contribution in [0.3, 0.4) is 0 Å². The number of carboxylic acids is 1. The van der Waals surface area contributed by atoms with E-state index in [2.05, 4.69) is 21.2 Å². The molecule has 100 valence electrons. The van der Waals surface area contributed by atoms with Crippen LogP contribution in [0.15, 0.2) is 45.5 Å². The Bertz CT molecular complexity index is 580. The highest BCUT2D eigenvalue weighted by atomic mass is 79.9. The van der Waals surface area contributed by atoms with Gasteiger partial charge in [-0.2, -0.15) is 0 Å². The molecule has 0 fully saturated rings. The molecule has 4 nitrogen and oxygen atoms in total. The number of halogens is 1. The summed E-state index contributed by atoms with van der Waals surface area (Å²) < 4.78 is 6.22. The van der Waals surface area contributed by atoms with Crippen molar-refractivity contribution in [2.24, 2.45) is 0 Å². The number of hydrogen-bond donors (Lipinski definition) is 2. The number of aromatic carboxylic acids is 1. The minimum atomic E-state index is -0.977. The predicted octanol–water partition coefficient (Wildman–Crippen LogP) is 3.59. The maximum atomic E-state index is 10.7. The van der Waals surface area contributed by atoms with Crippen molar-refractivity contribution in [3.05, 3.63) is 58.0 Å². The first-order chi connectivity index (χ1) is 9.06. The van der Waals surface area contributed by atoms with Crippen LogP contribution in [0.4, 0.5) is 0 Å². The molecular weight excluding hydrogens is 310 g/mol. The molecule has 1 unspecified atom stereocenters. The number of benzene rings is 1. The molecule has 0 spiro atoms. The lowest BCUT2D eigenvalue weighted by Crippen LogP contribution is -2.17. The summed E-state index contributed by atoms with van der Waals surface area (Å²) in [6.07, 6.45) is 1.25. The van der Waals surface area contributed by atoms with E-state index in [1.165, 1.54) is 12.3 Å². The van der Waals surface area contributed by atoms with Gasteiger partial charge in [-0.1, -0.05) is 28.1 Å². The molecule has 0 bridgehead atoms. The van der Waals surface area contributed by atoms with Crippen LogP contribution in [0.1, 0.15) is 34.6 Å². The Hall–Kier alpha value is -1.59. The second-order valence-electron chi connectivity index (χ2n) is 4.26. The predicted molar refractivity (Wildman–Crippen MR) is 75.1 cm³/mol. The first kappa shape index (κ1) is 13.8. The van der Waals surface area contributed by atoms with Gasteiger partial charge in [-0.15, -0.1) is 0 Å². The molecule has 0 aliphatic rings. The smallest absolute Gasteiger partial charge is 0.338 e. The zero-order chi connectivity index (χ0) is 13.8. The van der Waals surface area contributed by atoms with E-state index >= 15 is 0 Å². The van der Waals surface area contributed by atoms with Crippen molar-refractivity contribution in [2.45, 2.75) is 19.5 Å². The molecule has 2 N–H and O–H groups in total. The largest absolute Gasteiger partial charge is 0.478 e. The van der Waals surface area contributed by atoms with Gasteiger partial charge in [-0.3, -0.25) is 0 Å². The maximum absolute atomic E-state index is 10.7. The Kier molecular flexibility index (Phi) is 4.39. The molecule has 5 heteroatoms. The standard InChI is InChI=1S/C14H14BrNO3/c1-9(10-3-2-4-12(15)5-10)16-7-13-6-11(8-19-13)14(17)18/h2-6,8-9,16H,7H2,1H3,(H,17,18). The summed E-state index contributed by atoms with van der Waals surface area (Å²) in [5, 5.41) is 12.1. The second-order valence-corrected chi connectivity index (χ2v) is 5.18. The second kappa shape index (κ2) is 6.04. The molecular formula is C14H14BrNO3. The Balaban J connectivity index is 1.96. The van der Waals surface area contributed by atoms with Crippen molar-refractivity contribution in [1.82, 2.24) is 5.32 Å². The number of carboxylic acid groups (broad SMARTS) is 1. The lowest BCUT2D eigenvalue weighted by molar-refractivity contribution is 0.0696. The van der Waals surface area contributed by atoms with Gasteiger partial charge in [0.25, 0.3) is 0 Å². The van der Waals surface area contributed by atoms with Gasteiger partial charge in [0.15, 0.2) is 0 Å². The summed E-state index contributed by atoms with van der Waals surface area (Å²) in [5.74, 6) is -0.366. The maximum Gasteiger partial charge on any atom is 0.338 e. The van der Waals surface area contributed by atoms with Crippen LogP contribution in [0, 0.1) is 0 Å². The van der Waals surface area contributed by atoms with Crippen LogP contribution in [0.5, 0.6) is 0 Å². The Morgan fingerprint density at radius 1 is 1.47 bits per heavy atom. The van der Waals surface area contributed by atoms with Crippen molar-refractivity contribution in [3.63, 3.8) is 0 Å². The number of furan rings is 1. The fourth-order valence-electron chi connectivity index (χ4n) is 1.73. The van der Waals surface area contributed by atoms with E-state index in [1.54, 1.807) is 0 Å². The first-order valence-electron chi connectivity index (χ1n) is 5.86. The van der Waals surface area contributed by atoms with Gasteiger partial charge < -0.3 is 14.8 Å². The molecule has 0 radical (unpaired) electrons. The van der Waals surface area contributed by atoms with E-state index in [0.717, 1.165) is 10.0 Å². The Morgan fingerprint density at radius 2 is 2.26 bits per heavy atom. The van der Waals surface area contributed by atoms with E-state index in [0.29, 0.717) is 12.3 Å². The van der Waals surface area contributed by atoms with Gasteiger partial charge in [0.05, 0.1) is 12.1 Å². The van der Waals surface area contributed by atoms with Gasteiger partial charge in [-0.05, 0) is 30.7 Å². The summed E-state index contributed by atoms with van der Waals surface area (Å²) in [6.45, 7) is 2.53. The van der Waals surface area contributed by atoms with Gasteiger partial charge in [0.2, 0.25) is 0 Å². The van der Waals surface area contributed by atoms with E-state index in [1.807, 2.05) is 31.2 Å². The van der Waals surface area contributed by atoms with Gasteiger partial charge in [0.1, 0.15) is 12.0 Å². The molecule has 0 saturated carbocycles. The van der Waals surface area contributed by atoms with Crippen LogP contribution >= 0.6 is 15.9 Å². The number of carbonyl (C=O) groups is 1. The lowest BCUT2D eigenvalue weighted by atomic mass is 10.1. The summed E-state index contributed by atoms with van der Waals surface area (Å²) in [7, 11) is 0. The molecule has 0 aliphatic carbocycles. The number of hydrogen-bond acceptors (Lipinski definition) is 3. The molecule has 2 aromatic rings. The molecule has 1 heterocycles. The van der Waals surface area contributed by atoms with Crippen molar-refractivity contribution < 1.29 is 14.3 Å². The monoisotopic (exact) mass is 323 g/mol. The summed E-state index contributed by atoms with van der Waals surface area (Å²) in [4.78, 5) is 10.7. The summed E-state index contributed by atoms with van der Waals surface area (Å²) >= 11 is 3.43. The molecule has 0 aliphatic heterocycles. The molecule has 19 heavy (non-hydrogen) atoms. The average molecular weight is 324 g/mol. The average Bonchev–Trinajstić information content (AvgIpc) is 2.85. The Labute approximate surface area is 119 Å². The van der Waals surface area contributed by atoms with Gasteiger partial charge in [0, 0.05) is 10.5 Å². The highest BCUT2D eigenvalue weighted by molar-refractivity contribution is 9.10. The molecule has 2 rings (SSSR count). The highest BCUT2D eigenvalue weighted by Gasteiger charge is 2.10. The number of nitrogens with one attached hydrogen (secondary N) is 1. The van der Waals surface area contributed by atoms with E-state index < -0.39 is 5.97 Å². The topological polar surface area (TPSA) is 62.5 Å². The zero-order valence-electron chi connectivity index (χ0n) is 10.4. The molecule has 1 aromatic carbocycles. The van der Waals surface area contributed by atoms with E-state index in [-0.39, 0.29) is 11.6 Å². The fraction of sp³-hybridized carbons (Fsp3) is 0.214. The Morgan fingerprint density at radius 3 is 2.89 bits per heavy atom. The minimum absolute atomic E-state index is 0.149. The number of rotatable bonds is 5. The summed E-state index contributed by atoms with van der Waals surface area (Å²) in [5.41, 5.74) is 1.33. The summed E-state index contributed by atoms with van der Waals surface area (Å²) in [6, 6.07) is 9.71. The molecule has 0 saturated heterocycles. The van der Waals surface area contributed by atoms with Gasteiger partial charge >= 0.3 is 5.97 Å². The van der Waals surface area contributed by atoms with Crippen LogP contribution in [0.25, 0.3) is 0 Å². The highest BCUT2D eigenvalue weighted by Crippen LogP contribution is 2.18. The zero-order valence-corrected chi connectivity index (χ0v) is 12.0. The molecule has 1 atom stereocenters. The van der Waals surface area contributed by atoms with Crippen molar-refractivity contribution in [1.29, 1.82) is 0 Å². The quantitative estimate of drug-likeness (QED) is 0.882. The van der Waals surface area contributed by atoms with Crippen LogP contribution in [-0.4, -0.2) is 11.1 Å². The van der Waals surface area contributed by atoms with Crippen LogP contribution in [-0.2, 0) is 6.54 Å². The first-order valence-corrected chi connectivity index (χ1v) is 6.65. The van der Waals surface area contributed by atoms with E-state index in [9.17, 15) is 4.79 Å². The molecule has 0 amide bonds. The van der Waals surface area contributed by atoms with E-state index in [4.69, 9.17) is 9.52 Å². The van der Waals surface area contributed by atoms with Crippen molar-refractivity contribution in [2.75, 3.05) is 0 Å². The third-order valence-electron chi connectivity index (χ3n) is 2.83. The van der Waals surface area contributed by atoms with Crippen molar-refractivity contribution in [3.8, 4) is 0 Å². The lowest BCUT2D eigenvalue weighted by Gasteiger charge is -2.13. The van der Waals surface area contributed by atoms with Crippen LogP contribution < -0.4 is 5.32 Å². The van der Waals surface area contributed by atoms with Gasteiger partial charge in [-0.25, -0.2) is 4.79 Å². The van der Waals surface area contributed by atoms with Crippen LogP contribution in [0.2, 0.25) is 0 Å². The fourth-order valence-corrected chi connectivity index (χ4v) is 2.15. The molecule has 1 aromatic heterocycles. The SMILES string of the molecule is CC(NCc1cc(C(=O)O)co1)c1cccc(Br)c1.